The Morgan fingerprint density at radius 2 is 1.95 bits per heavy atom. The molecule has 0 amide bonds. The summed E-state index contributed by atoms with van der Waals surface area (Å²) < 4.78 is 43.8. The number of alkyl halides is 4. The Bertz CT molecular complexity index is 552. The van der Waals surface area contributed by atoms with Crippen molar-refractivity contribution in [3.05, 3.63) is 18.2 Å². The van der Waals surface area contributed by atoms with Crippen LogP contribution in [0, 0.1) is 0 Å². The molecule has 1 aliphatic heterocycles. The van der Waals surface area contributed by atoms with Gasteiger partial charge in [0.15, 0.2) is 0 Å². The van der Waals surface area contributed by atoms with Crippen LogP contribution in [0.3, 0.4) is 0 Å². The number of hydrazine groups is 1. The van der Waals surface area contributed by atoms with Crippen LogP contribution in [0.5, 0.6) is 5.75 Å². The van der Waals surface area contributed by atoms with Crippen LogP contribution in [-0.4, -0.2) is 24.1 Å². The van der Waals surface area contributed by atoms with Crippen LogP contribution in [0.25, 0.3) is 0 Å². The lowest BCUT2D eigenvalue weighted by Crippen LogP contribution is -2.56. The van der Waals surface area contributed by atoms with Gasteiger partial charge in [0.2, 0.25) is 5.84 Å². The molecule has 1 heterocycles. The molecule has 0 radical (unpaired) electrons. The lowest BCUT2D eigenvalue weighted by Gasteiger charge is -2.39. The maximum absolute atomic E-state index is 12.9. The molecule has 0 aromatic heterocycles. The third-order valence-electron chi connectivity index (χ3n) is 2.68. The number of para-hydroxylation sites is 1. The summed E-state index contributed by atoms with van der Waals surface area (Å²) in [5.74, 6) is -0.889. The van der Waals surface area contributed by atoms with Crippen LogP contribution >= 0.6 is 11.6 Å². The van der Waals surface area contributed by atoms with Gasteiger partial charge >= 0.3 is 6.18 Å². The molecular formula is C12H13ClF3N3O. The number of halogens is 4. The standard InChI is InChI=1S/C12H13ClF3N3O/c1-11(2,13)19-7-5-4-6-8(20-3)9(7)17-10(18-19)12(14,15)16/h4-6H,1-3H3,(H,17,18). The molecule has 8 heteroatoms. The van der Waals surface area contributed by atoms with E-state index in [9.17, 15) is 13.2 Å². The summed E-state index contributed by atoms with van der Waals surface area (Å²) in [6.07, 6.45) is -4.61. The van der Waals surface area contributed by atoms with Crippen LogP contribution in [0.2, 0.25) is 0 Å². The number of benzene rings is 1. The first-order chi connectivity index (χ1) is 9.14. The van der Waals surface area contributed by atoms with Crippen molar-refractivity contribution in [2.45, 2.75) is 25.0 Å². The van der Waals surface area contributed by atoms with Crippen molar-refractivity contribution in [2.24, 2.45) is 4.99 Å². The van der Waals surface area contributed by atoms with Crippen LogP contribution < -0.4 is 15.2 Å². The van der Waals surface area contributed by atoms with Crippen molar-refractivity contribution in [3.63, 3.8) is 0 Å². The zero-order valence-corrected chi connectivity index (χ0v) is 11.8. The fourth-order valence-corrected chi connectivity index (χ4v) is 1.95. The maximum Gasteiger partial charge on any atom is 0.450 e. The number of rotatable bonds is 2. The highest BCUT2D eigenvalue weighted by atomic mass is 35.5. The Balaban J connectivity index is 2.64. The molecule has 20 heavy (non-hydrogen) atoms. The second-order valence-electron chi connectivity index (χ2n) is 4.64. The number of nitrogens with one attached hydrogen (secondary N) is 1. The zero-order valence-electron chi connectivity index (χ0n) is 11.0. The highest BCUT2D eigenvalue weighted by Gasteiger charge is 2.42. The minimum absolute atomic E-state index is 0.0924. The van der Waals surface area contributed by atoms with E-state index in [4.69, 9.17) is 16.3 Å². The summed E-state index contributed by atoms with van der Waals surface area (Å²) in [5.41, 5.74) is 2.72. The number of methoxy groups -OCH3 is 1. The maximum atomic E-state index is 12.9. The quantitative estimate of drug-likeness (QED) is 0.670. The number of ether oxygens (including phenoxy) is 1. The molecule has 1 N–H and O–H groups in total. The molecular weight excluding hydrogens is 295 g/mol. The summed E-state index contributed by atoms with van der Waals surface area (Å²) >= 11 is 6.15. The van der Waals surface area contributed by atoms with Gasteiger partial charge in [-0.15, -0.1) is 0 Å². The van der Waals surface area contributed by atoms with Gasteiger partial charge in [-0.25, -0.2) is 4.99 Å². The van der Waals surface area contributed by atoms with E-state index in [2.05, 4.69) is 10.4 Å². The van der Waals surface area contributed by atoms with Crippen LogP contribution in [0.15, 0.2) is 23.2 Å². The van der Waals surface area contributed by atoms with E-state index < -0.39 is 17.0 Å². The van der Waals surface area contributed by atoms with E-state index in [1.165, 1.54) is 12.1 Å². The molecule has 0 saturated carbocycles. The van der Waals surface area contributed by atoms with Crippen molar-refractivity contribution in [2.75, 3.05) is 12.1 Å². The number of hydrogen-bond acceptors (Lipinski definition) is 4. The lowest BCUT2D eigenvalue weighted by molar-refractivity contribution is -0.0622. The third-order valence-corrected chi connectivity index (χ3v) is 2.85. The number of aliphatic imine (C=N–C) groups is 1. The first kappa shape index (κ1) is 14.8. The molecule has 0 unspecified atom stereocenters. The average molecular weight is 308 g/mol. The molecule has 0 aliphatic carbocycles. The van der Waals surface area contributed by atoms with E-state index in [1.807, 2.05) is 0 Å². The predicted octanol–water partition coefficient (Wildman–Crippen LogP) is 3.59. The first-order valence-electron chi connectivity index (χ1n) is 5.73. The molecule has 0 spiro atoms. The smallest absolute Gasteiger partial charge is 0.450 e. The Morgan fingerprint density at radius 3 is 2.45 bits per heavy atom. The van der Waals surface area contributed by atoms with Gasteiger partial charge in [-0.3, -0.25) is 10.4 Å². The van der Waals surface area contributed by atoms with E-state index in [-0.39, 0.29) is 11.4 Å². The molecule has 0 atom stereocenters. The molecule has 0 bridgehead atoms. The van der Waals surface area contributed by atoms with E-state index >= 15 is 0 Å². The number of fused-ring (bicyclic) bond motifs is 1. The highest BCUT2D eigenvalue weighted by Crippen LogP contribution is 2.43. The molecule has 110 valence electrons. The second-order valence-corrected chi connectivity index (χ2v) is 5.57. The van der Waals surface area contributed by atoms with Gasteiger partial charge in [-0.05, 0) is 26.0 Å². The average Bonchev–Trinajstić information content (AvgIpc) is 2.34. The van der Waals surface area contributed by atoms with Crippen LogP contribution in [0.4, 0.5) is 24.5 Å². The van der Waals surface area contributed by atoms with E-state index in [0.717, 1.165) is 0 Å². The Morgan fingerprint density at radius 1 is 1.30 bits per heavy atom. The van der Waals surface area contributed by atoms with Crippen LogP contribution in [0.1, 0.15) is 13.8 Å². The molecule has 1 aliphatic rings. The van der Waals surface area contributed by atoms with Gasteiger partial charge in [0.1, 0.15) is 16.4 Å². The molecule has 4 nitrogen and oxygen atoms in total. The SMILES string of the molecule is COc1cccc2c1N=C(C(F)(F)F)NN2C(C)(C)Cl. The molecule has 1 aromatic rings. The topological polar surface area (TPSA) is 36.9 Å². The highest BCUT2D eigenvalue weighted by molar-refractivity contribution is 6.25. The van der Waals surface area contributed by atoms with Gasteiger partial charge < -0.3 is 4.74 Å². The fourth-order valence-electron chi connectivity index (χ4n) is 1.82. The van der Waals surface area contributed by atoms with Crippen molar-refractivity contribution in [3.8, 4) is 5.75 Å². The van der Waals surface area contributed by atoms with Crippen molar-refractivity contribution in [1.29, 1.82) is 0 Å². The van der Waals surface area contributed by atoms with Crippen LogP contribution in [-0.2, 0) is 0 Å². The minimum atomic E-state index is -4.61. The first-order valence-corrected chi connectivity index (χ1v) is 6.11. The third kappa shape index (κ3) is 2.63. The second kappa shape index (κ2) is 4.73. The summed E-state index contributed by atoms with van der Waals surface area (Å²) in [4.78, 5) is 2.52. The largest absolute Gasteiger partial charge is 0.494 e. The van der Waals surface area contributed by atoms with Crippen molar-refractivity contribution >= 4 is 28.8 Å². The Kier molecular flexibility index (Phi) is 3.49. The van der Waals surface area contributed by atoms with Crippen molar-refractivity contribution in [1.82, 2.24) is 5.43 Å². The Labute approximate surface area is 119 Å². The molecule has 0 saturated heterocycles. The number of amidine groups is 1. The summed E-state index contributed by atoms with van der Waals surface area (Å²) in [7, 11) is 1.37. The summed E-state index contributed by atoms with van der Waals surface area (Å²) in [6.45, 7) is 3.15. The summed E-state index contributed by atoms with van der Waals surface area (Å²) in [5, 5.41) is 1.21. The molecule has 2 rings (SSSR count). The van der Waals surface area contributed by atoms with Gasteiger partial charge in [-0.1, -0.05) is 17.7 Å². The number of hydrogen-bond donors (Lipinski definition) is 1. The minimum Gasteiger partial charge on any atom is -0.494 e. The number of anilines is 1. The lowest BCUT2D eigenvalue weighted by atomic mass is 10.2. The monoisotopic (exact) mass is 307 g/mol. The van der Waals surface area contributed by atoms with E-state index in [1.54, 1.807) is 32.0 Å². The van der Waals surface area contributed by atoms with E-state index in [0.29, 0.717) is 5.69 Å². The number of nitrogens with zero attached hydrogens (tertiary/aromatic N) is 2. The van der Waals surface area contributed by atoms with Gasteiger partial charge in [0.05, 0.1) is 12.8 Å². The molecule has 0 fully saturated rings. The predicted molar refractivity (Wildman–Crippen MR) is 71.7 cm³/mol. The van der Waals surface area contributed by atoms with Gasteiger partial charge in [0.25, 0.3) is 0 Å². The normalized spacial score (nSPS) is 15.3. The zero-order chi connectivity index (χ0) is 15.1. The summed E-state index contributed by atoms with van der Waals surface area (Å²) in [6, 6.07) is 4.82. The van der Waals surface area contributed by atoms with Gasteiger partial charge in [0, 0.05) is 0 Å². The molecule has 1 aromatic carbocycles. The fraction of sp³-hybridized carbons (Fsp3) is 0.417. The van der Waals surface area contributed by atoms with Crippen molar-refractivity contribution < 1.29 is 17.9 Å². The Hall–Kier alpha value is -1.63. The van der Waals surface area contributed by atoms with Gasteiger partial charge in [-0.2, -0.15) is 13.2 Å².